The number of thioether (sulfide) groups is 1. The Bertz CT molecular complexity index is 425. The molecule has 2 aromatic rings. The average molecular weight is 251 g/mol. The van der Waals surface area contributed by atoms with Gasteiger partial charge < -0.3 is 5.32 Å². The van der Waals surface area contributed by atoms with Gasteiger partial charge in [-0.25, -0.2) is 9.97 Å². The first-order chi connectivity index (χ1) is 7.79. The van der Waals surface area contributed by atoms with Gasteiger partial charge in [-0.05, 0) is 25.3 Å². The lowest BCUT2D eigenvalue weighted by molar-refractivity contribution is 0.859. The van der Waals surface area contributed by atoms with Crippen molar-refractivity contribution in [1.82, 2.24) is 9.97 Å². The van der Waals surface area contributed by atoms with Gasteiger partial charge in [-0.3, -0.25) is 0 Å². The summed E-state index contributed by atoms with van der Waals surface area (Å²) in [6.07, 6.45) is 5.74. The van der Waals surface area contributed by atoms with E-state index in [1.807, 2.05) is 30.1 Å². The molecular weight excluding hydrogens is 238 g/mol. The third-order valence-corrected chi connectivity index (χ3v) is 3.83. The zero-order chi connectivity index (χ0) is 11.4. The van der Waals surface area contributed by atoms with Gasteiger partial charge in [0.15, 0.2) is 0 Å². The summed E-state index contributed by atoms with van der Waals surface area (Å²) in [5.41, 5.74) is 0. The van der Waals surface area contributed by atoms with E-state index in [1.165, 1.54) is 4.90 Å². The SMILES string of the molecule is CSc1ccc(NC(C)c2nccs2)nc1. The van der Waals surface area contributed by atoms with E-state index in [4.69, 9.17) is 0 Å². The largest absolute Gasteiger partial charge is 0.361 e. The van der Waals surface area contributed by atoms with Gasteiger partial charge in [0.2, 0.25) is 0 Å². The van der Waals surface area contributed by atoms with Crippen LogP contribution in [-0.4, -0.2) is 16.2 Å². The normalized spacial score (nSPS) is 12.4. The van der Waals surface area contributed by atoms with Gasteiger partial charge in [0.1, 0.15) is 10.8 Å². The second-order valence-corrected chi connectivity index (χ2v) is 5.13. The minimum absolute atomic E-state index is 0.202. The Balaban J connectivity index is 2.03. The van der Waals surface area contributed by atoms with Crippen LogP contribution >= 0.6 is 23.1 Å². The second kappa shape index (κ2) is 5.32. The van der Waals surface area contributed by atoms with Gasteiger partial charge in [-0.15, -0.1) is 23.1 Å². The van der Waals surface area contributed by atoms with Crippen LogP contribution in [0.4, 0.5) is 5.82 Å². The highest BCUT2D eigenvalue weighted by atomic mass is 32.2. The maximum atomic E-state index is 4.34. The van der Waals surface area contributed by atoms with Crippen molar-refractivity contribution < 1.29 is 0 Å². The van der Waals surface area contributed by atoms with Crippen molar-refractivity contribution in [3.63, 3.8) is 0 Å². The standard InChI is InChI=1S/C11H13N3S2/c1-8(11-12-5-6-16-11)14-10-4-3-9(15-2)7-13-10/h3-8H,1-2H3,(H,13,14). The number of thiazole rings is 1. The first-order valence-corrected chi connectivity index (χ1v) is 7.06. The summed E-state index contributed by atoms with van der Waals surface area (Å²) in [5, 5.41) is 6.39. The first kappa shape index (κ1) is 11.4. The molecule has 84 valence electrons. The number of aromatic nitrogens is 2. The maximum Gasteiger partial charge on any atom is 0.126 e. The smallest absolute Gasteiger partial charge is 0.126 e. The molecule has 2 aromatic heterocycles. The molecule has 0 aliphatic carbocycles. The van der Waals surface area contributed by atoms with Gasteiger partial charge in [-0.2, -0.15) is 0 Å². The highest BCUT2D eigenvalue weighted by Gasteiger charge is 2.07. The molecule has 5 heteroatoms. The number of hydrogen-bond donors (Lipinski definition) is 1. The molecule has 1 unspecified atom stereocenters. The summed E-state index contributed by atoms with van der Waals surface area (Å²) in [6, 6.07) is 4.26. The Morgan fingerprint density at radius 2 is 2.25 bits per heavy atom. The van der Waals surface area contributed by atoms with Crippen LogP contribution in [0.2, 0.25) is 0 Å². The van der Waals surface area contributed by atoms with Crippen LogP contribution in [-0.2, 0) is 0 Å². The highest BCUT2D eigenvalue weighted by molar-refractivity contribution is 7.98. The number of anilines is 1. The van der Waals surface area contributed by atoms with Crippen LogP contribution in [0, 0.1) is 0 Å². The highest BCUT2D eigenvalue weighted by Crippen LogP contribution is 2.21. The molecule has 0 amide bonds. The molecule has 1 atom stereocenters. The van der Waals surface area contributed by atoms with Crippen LogP contribution < -0.4 is 5.32 Å². The van der Waals surface area contributed by atoms with Gasteiger partial charge in [0, 0.05) is 22.7 Å². The lowest BCUT2D eigenvalue weighted by Crippen LogP contribution is -2.07. The van der Waals surface area contributed by atoms with Crippen LogP contribution in [0.15, 0.2) is 34.8 Å². The lowest BCUT2D eigenvalue weighted by Gasteiger charge is -2.11. The van der Waals surface area contributed by atoms with Crippen molar-refractivity contribution in [2.24, 2.45) is 0 Å². The molecule has 0 aliphatic rings. The van der Waals surface area contributed by atoms with Crippen LogP contribution in [0.25, 0.3) is 0 Å². The Hall–Kier alpha value is -1.07. The minimum atomic E-state index is 0.202. The summed E-state index contributed by atoms with van der Waals surface area (Å²) in [4.78, 5) is 9.79. The predicted molar refractivity (Wildman–Crippen MR) is 70.2 cm³/mol. The number of nitrogens with zero attached hydrogens (tertiary/aromatic N) is 2. The summed E-state index contributed by atoms with van der Waals surface area (Å²) in [6.45, 7) is 2.09. The average Bonchev–Trinajstić information content (AvgIpc) is 2.83. The van der Waals surface area contributed by atoms with Crippen LogP contribution in [0.3, 0.4) is 0 Å². The van der Waals surface area contributed by atoms with Crippen molar-refractivity contribution in [1.29, 1.82) is 0 Å². The molecule has 0 fully saturated rings. The number of rotatable bonds is 4. The number of hydrogen-bond acceptors (Lipinski definition) is 5. The molecule has 0 radical (unpaired) electrons. The summed E-state index contributed by atoms with van der Waals surface area (Å²) in [5.74, 6) is 0.889. The molecule has 0 saturated carbocycles. The molecule has 0 saturated heterocycles. The van der Waals surface area contributed by atoms with E-state index in [0.29, 0.717) is 0 Å². The zero-order valence-corrected chi connectivity index (χ0v) is 10.8. The second-order valence-electron chi connectivity index (χ2n) is 3.32. The molecule has 0 spiro atoms. The molecule has 16 heavy (non-hydrogen) atoms. The zero-order valence-electron chi connectivity index (χ0n) is 9.18. The van der Waals surface area contributed by atoms with E-state index in [0.717, 1.165) is 10.8 Å². The molecule has 2 rings (SSSR count). The Morgan fingerprint density at radius 1 is 1.38 bits per heavy atom. The van der Waals surface area contributed by atoms with E-state index < -0.39 is 0 Å². The Kier molecular flexibility index (Phi) is 3.79. The molecule has 1 N–H and O–H groups in total. The maximum absolute atomic E-state index is 4.34. The fourth-order valence-corrected chi connectivity index (χ4v) is 2.33. The van der Waals surface area contributed by atoms with Crippen molar-refractivity contribution in [2.45, 2.75) is 17.9 Å². The molecule has 3 nitrogen and oxygen atoms in total. The summed E-state index contributed by atoms with van der Waals surface area (Å²) in [7, 11) is 0. The summed E-state index contributed by atoms with van der Waals surface area (Å²) >= 11 is 3.35. The number of pyridine rings is 1. The lowest BCUT2D eigenvalue weighted by atomic mass is 10.3. The van der Waals surface area contributed by atoms with Crippen molar-refractivity contribution in [3.05, 3.63) is 34.9 Å². The molecule has 2 heterocycles. The van der Waals surface area contributed by atoms with E-state index >= 15 is 0 Å². The molecule has 0 aliphatic heterocycles. The van der Waals surface area contributed by atoms with Gasteiger partial charge >= 0.3 is 0 Å². The Morgan fingerprint density at radius 3 is 2.81 bits per heavy atom. The molecule has 0 bridgehead atoms. The Labute approximate surface area is 103 Å². The van der Waals surface area contributed by atoms with Gasteiger partial charge in [-0.1, -0.05) is 0 Å². The van der Waals surface area contributed by atoms with Crippen molar-refractivity contribution in [3.8, 4) is 0 Å². The fourth-order valence-electron chi connectivity index (χ4n) is 1.32. The monoisotopic (exact) mass is 251 g/mol. The fraction of sp³-hybridized carbons (Fsp3) is 0.273. The van der Waals surface area contributed by atoms with Crippen molar-refractivity contribution >= 4 is 28.9 Å². The quantitative estimate of drug-likeness (QED) is 0.845. The van der Waals surface area contributed by atoms with E-state index in [9.17, 15) is 0 Å². The number of nitrogens with one attached hydrogen (secondary N) is 1. The van der Waals surface area contributed by atoms with Crippen LogP contribution in [0.5, 0.6) is 0 Å². The van der Waals surface area contributed by atoms with Gasteiger partial charge in [0.05, 0.1) is 6.04 Å². The summed E-state index contributed by atoms with van der Waals surface area (Å²) < 4.78 is 0. The van der Waals surface area contributed by atoms with Crippen LogP contribution in [0.1, 0.15) is 18.0 Å². The predicted octanol–water partition coefficient (Wildman–Crippen LogP) is 3.43. The third kappa shape index (κ3) is 2.74. The van der Waals surface area contributed by atoms with Gasteiger partial charge in [0.25, 0.3) is 0 Å². The topological polar surface area (TPSA) is 37.8 Å². The van der Waals surface area contributed by atoms with E-state index in [1.54, 1.807) is 23.1 Å². The van der Waals surface area contributed by atoms with Crippen molar-refractivity contribution in [2.75, 3.05) is 11.6 Å². The van der Waals surface area contributed by atoms with E-state index in [2.05, 4.69) is 28.3 Å². The molecule has 0 aromatic carbocycles. The van der Waals surface area contributed by atoms with E-state index in [-0.39, 0.29) is 6.04 Å². The minimum Gasteiger partial charge on any atom is -0.361 e. The molecular formula is C11H13N3S2. The third-order valence-electron chi connectivity index (χ3n) is 2.16. The first-order valence-electron chi connectivity index (χ1n) is 4.95.